The van der Waals surface area contributed by atoms with E-state index in [0.29, 0.717) is 37.3 Å². The maximum absolute atomic E-state index is 12.3. The third kappa shape index (κ3) is 3.82. The molecule has 8 heteroatoms. The Hall–Kier alpha value is -2.15. The van der Waals surface area contributed by atoms with Crippen molar-refractivity contribution in [3.8, 4) is 11.5 Å². The Kier molecular flexibility index (Phi) is 5.76. The van der Waals surface area contributed by atoms with E-state index in [4.69, 9.17) is 32.7 Å². The molecular formula is C18H14Cl2N2O3S. The predicted molar refractivity (Wildman–Crippen MR) is 107 cm³/mol. The van der Waals surface area contributed by atoms with Gasteiger partial charge in [-0.2, -0.15) is 0 Å². The van der Waals surface area contributed by atoms with Gasteiger partial charge in [-0.25, -0.2) is 4.99 Å². The first-order chi connectivity index (χ1) is 12.5. The maximum Gasteiger partial charge on any atom is 0.264 e. The molecule has 2 aromatic rings. The Bertz CT molecular complexity index is 929. The van der Waals surface area contributed by atoms with Gasteiger partial charge in [-0.05, 0) is 36.0 Å². The monoisotopic (exact) mass is 408 g/mol. The van der Waals surface area contributed by atoms with Crippen molar-refractivity contribution >= 4 is 57.8 Å². The first kappa shape index (κ1) is 18.6. The van der Waals surface area contributed by atoms with E-state index in [1.54, 1.807) is 44.6 Å². The molecule has 0 spiro atoms. The molecule has 3 rings (SSSR count). The smallest absolute Gasteiger partial charge is 0.264 e. The fourth-order valence-corrected chi connectivity index (χ4v) is 3.50. The van der Waals surface area contributed by atoms with Crippen LogP contribution in [0, 0.1) is 0 Å². The lowest BCUT2D eigenvalue weighted by molar-refractivity contribution is -0.115. The van der Waals surface area contributed by atoms with Gasteiger partial charge in [0.2, 0.25) is 0 Å². The van der Waals surface area contributed by atoms with Crippen LogP contribution in [0.25, 0.3) is 6.08 Å². The zero-order chi connectivity index (χ0) is 18.7. The van der Waals surface area contributed by atoms with Crippen LogP contribution in [0.15, 0.2) is 46.3 Å². The van der Waals surface area contributed by atoms with E-state index < -0.39 is 0 Å². The topological polar surface area (TPSA) is 59.9 Å². The quantitative estimate of drug-likeness (QED) is 0.730. The van der Waals surface area contributed by atoms with Crippen molar-refractivity contribution in [3.05, 3.63) is 56.9 Å². The molecule has 1 fully saturated rings. The number of aliphatic imine (C=N–C) groups is 1. The summed E-state index contributed by atoms with van der Waals surface area (Å²) in [6, 6.07) is 10.6. The fourth-order valence-electron chi connectivity index (χ4n) is 2.34. The number of hydrogen-bond acceptors (Lipinski definition) is 5. The molecule has 5 nitrogen and oxygen atoms in total. The molecule has 0 saturated carbocycles. The van der Waals surface area contributed by atoms with Crippen LogP contribution in [-0.2, 0) is 4.79 Å². The van der Waals surface area contributed by atoms with Gasteiger partial charge in [0, 0.05) is 5.56 Å². The molecule has 0 unspecified atom stereocenters. The van der Waals surface area contributed by atoms with Gasteiger partial charge in [-0.15, -0.1) is 0 Å². The van der Waals surface area contributed by atoms with Crippen LogP contribution < -0.4 is 14.8 Å². The summed E-state index contributed by atoms with van der Waals surface area (Å²) in [5.41, 5.74) is 1.22. The molecule has 0 aromatic heterocycles. The fraction of sp³-hybridized carbons (Fsp3) is 0.111. The minimum absolute atomic E-state index is 0.253. The molecule has 0 atom stereocenters. The Labute approximate surface area is 165 Å². The lowest BCUT2D eigenvalue weighted by Crippen LogP contribution is -2.19. The summed E-state index contributed by atoms with van der Waals surface area (Å²) in [5, 5.41) is 3.88. The molecule has 1 amide bonds. The van der Waals surface area contributed by atoms with Crippen LogP contribution in [-0.4, -0.2) is 25.3 Å². The van der Waals surface area contributed by atoms with Crippen molar-refractivity contribution in [2.45, 2.75) is 0 Å². The second-order valence-corrected chi connectivity index (χ2v) is 6.95. The van der Waals surface area contributed by atoms with Crippen LogP contribution in [0.5, 0.6) is 11.5 Å². The van der Waals surface area contributed by atoms with Crippen molar-refractivity contribution in [3.63, 3.8) is 0 Å². The van der Waals surface area contributed by atoms with Crippen molar-refractivity contribution < 1.29 is 14.3 Å². The number of benzene rings is 2. The Morgan fingerprint density at radius 1 is 1.12 bits per heavy atom. The standard InChI is InChI=1S/C18H14Cl2N2O3S/c1-24-13-8-3-5-10(16(13)25-2)9-14-17(23)22-18(26-14)21-12-7-4-6-11(19)15(12)20/h3-9H,1-2H3,(H,21,22,23)/b14-9-. The lowest BCUT2D eigenvalue weighted by Gasteiger charge is -2.10. The molecule has 0 aliphatic carbocycles. The second kappa shape index (κ2) is 8.03. The zero-order valence-corrected chi connectivity index (χ0v) is 16.2. The number of halogens is 2. The third-order valence-corrected chi connectivity index (χ3v) is 5.24. The highest BCUT2D eigenvalue weighted by atomic mass is 35.5. The highest BCUT2D eigenvalue weighted by Crippen LogP contribution is 2.37. The normalized spacial score (nSPS) is 16.8. The number of ether oxygens (including phenoxy) is 2. The molecule has 1 heterocycles. The summed E-state index contributed by atoms with van der Waals surface area (Å²) in [5.74, 6) is 0.890. The molecule has 1 N–H and O–H groups in total. The first-order valence-electron chi connectivity index (χ1n) is 7.48. The van der Waals surface area contributed by atoms with Crippen LogP contribution in [0.1, 0.15) is 5.56 Å². The number of carbonyl (C=O) groups is 1. The van der Waals surface area contributed by atoms with E-state index >= 15 is 0 Å². The maximum atomic E-state index is 12.3. The van der Waals surface area contributed by atoms with Gasteiger partial charge < -0.3 is 14.8 Å². The van der Waals surface area contributed by atoms with E-state index in [-0.39, 0.29) is 5.91 Å². The number of amides is 1. The number of carbonyl (C=O) groups excluding carboxylic acids is 1. The summed E-state index contributed by atoms with van der Waals surface area (Å²) < 4.78 is 10.7. The molecule has 1 aliphatic heterocycles. The van der Waals surface area contributed by atoms with Gasteiger partial charge in [-0.1, -0.05) is 41.4 Å². The van der Waals surface area contributed by atoms with Crippen LogP contribution in [0.3, 0.4) is 0 Å². The summed E-state index contributed by atoms with van der Waals surface area (Å²) in [6.45, 7) is 0. The van der Waals surface area contributed by atoms with Crippen LogP contribution >= 0.6 is 35.0 Å². The van der Waals surface area contributed by atoms with Crippen molar-refractivity contribution in [1.82, 2.24) is 5.32 Å². The van der Waals surface area contributed by atoms with Crippen molar-refractivity contribution in [2.24, 2.45) is 4.99 Å². The average molecular weight is 409 g/mol. The number of amidine groups is 1. The van der Waals surface area contributed by atoms with E-state index in [1.165, 1.54) is 11.8 Å². The van der Waals surface area contributed by atoms with Gasteiger partial charge in [0.25, 0.3) is 5.91 Å². The molecule has 2 aromatic carbocycles. The van der Waals surface area contributed by atoms with Crippen LogP contribution in [0.2, 0.25) is 10.0 Å². The van der Waals surface area contributed by atoms with Gasteiger partial charge in [-0.3, -0.25) is 4.79 Å². The number of para-hydroxylation sites is 1. The summed E-state index contributed by atoms with van der Waals surface area (Å²) in [4.78, 5) is 17.1. The lowest BCUT2D eigenvalue weighted by atomic mass is 10.1. The minimum atomic E-state index is -0.253. The average Bonchev–Trinajstić information content (AvgIpc) is 2.97. The largest absolute Gasteiger partial charge is 0.493 e. The summed E-state index contributed by atoms with van der Waals surface area (Å²) >= 11 is 13.3. The predicted octanol–water partition coefficient (Wildman–Crippen LogP) is 4.90. The van der Waals surface area contributed by atoms with Gasteiger partial charge in [0.1, 0.15) is 0 Å². The molecule has 1 aliphatic rings. The second-order valence-electron chi connectivity index (χ2n) is 5.14. The highest BCUT2D eigenvalue weighted by Gasteiger charge is 2.25. The Balaban J connectivity index is 1.92. The minimum Gasteiger partial charge on any atom is -0.493 e. The number of nitrogens with one attached hydrogen (secondary N) is 1. The van der Waals surface area contributed by atoms with Crippen molar-refractivity contribution in [1.29, 1.82) is 0 Å². The SMILES string of the molecule is COc1cccc(/C=C2\SC(=Nc3cccc(Cl)c3Cl)NC2=O)c1OC. The highest BCUT2D eigenvalue weighted by molar-refractivity contribution is 8.18. The number of hydrogen-bond donors (Lipinski definition) is 1. The number of thioether (sulfide) groups is 1. The molecule has 134 valence electrons. The Morgan fingerprint density at radius 3 is 2.62 bits per heavy atom. The first-order valence-corrected chi connectivity index (χ1v) is 9.05. The number of rotatable bonds is 4. The number of methoxy groups -OCH3 is 2. The van der Waals surface area contributed by atoms with Gasteiger partial charge >= 0.3 is 0 Å². The molecule has 0 bridgehead atoms. The van der Waals surface area contributed by atoms with Gasteiger partial charge in [0.05, 0.1) is 34.9 Å². The third-order valence-electron chi connectivity index (χ3n) is 3.52. The van der Waals surface area contributed by atoms with E-state index in [9.17, 15) is 4.79 Å². The molecule has 26 heavy (non-hydrogen) atoms. The zero-order valence-electron chi connectivity index (χ0n) is 13.9. The van der Waals surface area contributed by atoms with E-state index in [1.807, 2.05) is 12.1 Å². The van der Waals surface area contributed by atoms with Crippen molar-refractivity contribution in [2.75, 3.05) is 14.2 Å². The molecule has 0 radical (unpaired) electrons. The summed E-state index contributed by atoms with van der Waals surface area (Å²) in [7, 11) is 3.11. The van der Waals surface area contributed by atoms with Crippen LogP contribution in [0.4, 0.5) is 5.69 Å². The van der Waals surface area contributed by atoms with E-state index in [2.05, 4.69) is 10.3 Å². The Morgan fingerprint density at radius 2 is 1.88 bits per heavy atom. The van der Waals surface area contributed by atoms with E-state index in [0.717, 1.165) is 5.56 Å². The molecular weight excluding hydrogens is 395 g/mol. The number of nitrogens with zero attached hydrogens (tertiary/aromatic N) is 1. The summed E-state index contributed by atoms with van der Waals surface area (Å²) in [6.07, 6.45) is 1.73. The molecule has 1 saturated heterocycles. The van der Waals surface area contributed by atoms with Gasteiger partial charge in [0.15, 0.2) is 16.7 Å².